The van der Waals surface area contributed by atoms with Gasteiger partial charge < -0.3 is 10.1 Å². The number of rotatable bonds is 6. The van der Waals surface area contributed by atoms with E-state index in [9.17, 15) is 13.2 Å². The SMILES string of the molecule is CCOc1ccc(S(=O)(=O)N2CCC(C(=O)Nc3cccc(Cl)c3C)CC2)cc1C. The summed E-state index contributed by atoms with van der Waals surface area (Å²) in [5.41, 5.74) is 2.29. The first kappa shape index (κ1) is 22.6. The van der Waals surface area contributed by atoms with Crippen LogP contribution in [-0.2, 0) is 14.8 Å². The summed E-state index contributed by atoms with van der Waals surface area (Å²) in [6, 6.07) is 10.3. The molecular formula is C22H27ClN2O4S. The van der Waals surface area contributed by atoms with Gasteiger partial charge in [-0.2, -0.15) is 4.31 Å². The minimum absolute atomic E-state index is 0.102. The Morgan fingerprint density at radius 3 is 2.53 bits per heavy atom. The summed E-state index contributed by atoms with van der Waals surface area (Å²) in [5, 5.41) is 3.52. The summed E-state index contributed by atoms with van der Waals surface area (Å²) in [7, 11) is -3.61. The highest BCUT2D eigenvalue weighted by Gasteiger charge is 2.32. The van der Waals surface area contributed by atoms with E-state index in [0.29, 0.717) is 49.0 Å². The lowest BCUT2D eigenvalue weighted by Gasteiger charge is -2.30. The first-order valence-electron chi connectivity index (χ1n) is 10.0. The lowest BCUT2D eigenvalue weighted by atomic mass is 9.97. The zero-order valence-corrected chi connectivity index (χ0v) is 19.0. The lowest BCUT2D eigenvalue weighted by molar-refractivity contribution is -0.120. The molecule has 0 bridgehead atoms. The quantitative estimate of drug-likeness (QED) is 0.707. The molecule has 162 valence electrons. The van der Waals surface area contributed by atoms with Gasteiger partial charge in [0.15, 0.2) is 0 Å². The molecule has 2 aromatic rings. The fraction of sp³-hybridized carbons (Fsp3) is 0.409. The molecule has 1 saturated heterocycles. The number of carbonyl (C=O) groups is 1. The van der Waals surface area contributed by atoms with E-state index in [-0.39, 0.29) is 16.7 Å². The van der Waals surface area contributed by atoms with Crippen molar-refractivity contribution in [2.24, 2.45) is 5.92 Å². The highest BCUT2D eigenvalue weighted by molar-refractivity contribution is 7.89. The largest absolute Gasteiger partial charge is 0.494 e. The summed E-state index contributed by atoms with van der Waals surface area (Å²) in [4.78, 5) is 12.9. The number of hydrogen-bond acceptors (Lipinski definition) is 4. The first-order chi connectivity index (χ1) is 14.2. The number of aryl methyl sites for hydroxylation is 1. The summed E-state index contributed by atoms with van der Waals surface area (Å²) in [5.74, 6) is 0.342. The van der Waals surface area contributed by atoms with Crippen LogP contribution in [0.15, 0.2) is 41.3 Å². The Labute approximate surface area is 183 Å². The summed E-state index contributed by atoms with van der Waals surface area (Å²) >= 11 is 6.12. The van der Waals surface area contributed by atoms with Crippen molar-refractivity contribution in [3.8, 4) is 5.75 Å². The number of sulfonamides is 1. The predicted molar refractivity (Wildman–Crippen MR) is 119 cm³/mol. The van der Waals surface area contributed by atoms with E-state index in [1.54, 1.807) is 30.3 Å². The van der Waals surface area contributed by atoms with Crippen LogP contribution in [0, 0.1) is 19.8 Å². The van der Waals surface area contributed by atoms with E-state index in [2.05, 4.69) is 5.32 Å². The third kappa shape index (κ3) is 4.79. The molecule has 1 aliphatic heterocycles. The number of benzene rings is 2. The summed E-state index contributed by atoms with van der Waals surface area (Å²) < 4.78 is 33.0. The van der Waals surface area contributed by atoms with E-state index in [1.807, 2.05) is 26.8 Å². The van der Waals surface area contributed by atoms with Crippen LogP contribution in [0.3, 0.4) is 0 Å². The van der Waals surface area contributed by atoms with Gasteiger partial charge in [0.1, 0.15) is 5.75 Å². The van der Waals surface area contributed by atoms with Gasteiger partial charge in [0.05, 0.1) is 11.5 Å². The van der Waals surface area contributed by atoms with Crippen LogP contribution in [0.1, 0.15) is 30.9 Å². The molecule has 6 nitrogen and oxygen atoms in total. The normalized spacial score (nSPS) is 15.7. The molecule has 0 aliphatic carbocycles. The highest BCUT2D eigenvalue weighted by Crippen LogP contribution is 2.29. The molecule has 30 heavy (non-hydrogen) atoms. The minimum Gasteiger partial charge on any atom is -0.494 e. The van der Waals surface area contributed by atoms with E-state index < -0.39 is 10.0 Å². The standard InChI is InChI=1S/C22H27ClN2O4S/c1-4-29-21-9-8-18(14-15(21)2)30(27,28)25-12-10-17(11-13-25)22(26)24-20-7-5-6-19(23)16(20)3/h5-9,14,17H,4,10-13H2,1-3H3,(H,24,26). The molecule has 1 N–H and O–H groups in total. The Bertz CT molecular complexity index is 1030. The maximum absolute atomic E-state index is 13.0. The van der Waals surface area contributed by atoms with Crippen molar-refractivity contribution in [2.75, 3.05) is 25.0 Å². The number of piperidine rings is 1. The second-order valence-corrected chi connectivity index (χ2v) is 9.79. The molecule has 2 aromatic carbocycles. The number of amides is 1. The fourth-order valence-electron chi connectivity index (χ4n) is 3.58. The predicted octanol–water partition coefficient (Wildman–Crippen LogP) is 4.39. The van der Waals surface area contributed by atoms with Gasteiger partial charge in [0, 0.05) is 29.7 Å². The molecule has 3 rings (SSSR count). The van der Waals surface area contributed by atoms with Crippen LogP contribution in [0.5, 0.6) is 5.75 Å². The van der Waals surface area contributed by atoms with Crippen molar-refractivity contribution >= 4 is 33.2 Å². The van der Waals surface area contributed by atoms with Gasteiger partial charge in [-0.25, -0.2) is 8.42 Å². The topological polar surface area (TPSA) is 75.7 Å². The molecular weight excluding hydrogens is 424 g/mol. The van der Waals surface area contributed by atoms with E-state index in [4.69, 9.17) is 16.3 Å². The molecule has 8 heteroatoms. The minimum atomic E-state index is -3.61. The fourth-order valence-corrected chi connectivity index (χ4v) is 5.31. The monoisotopic (exact) mass is 450 g/mol. The maximum Gasteiger partial charge on any atom is 0.243 e. The molecule has 0 unspecified atom stereocenters. The molecule has 1 aliphatic rings. The van der Waals surface area contributed by atoms with Crippen LogP contribution in [-0.4, -0.2) is 38.3 Å². The molecule has 0 spiro atoms. The Morgan fingerprint density at radius 2 is 1.90 bits per heavy atom. The summed E-state index contributed by atoms with van der Waals surface area (Å²) in [6.07, 6.45) is 0.946. The van der Waals surface area contributed by atoms with Crippen LogP contribution in [0.4, 0.5) is 5.69 Å². The Morgan fingerprint density at radius 1 is 1.20 bits per heavy atom. The molecule has 1 heterocycles. The third-order valence-corrected chi connectivity index (χ3v) is 7.74. The Kier molecular flexibility index (Phi) is 7.06. The first-order valence-corrected chi connectivity index (χ1v) is 11.9. The number of ether oxygens (including phenoxy) is 1. The second kappa shape index (κ2) is 9.37. The number of carbonyl (C=O) groups excluding carboxylic acids is 1. The Balaban J connectivity index is 1.65. The van der Waals surface area contributed by atoms with Gasteiger partial charge in [-0.15, -0.1) is 0 Å². The van der Waals surface area contributed by atoms with Crippen molar-refractivity contribution in [3.05, 3.63) is 52.5 Å². The van der Waals surface area contributed by atoms with Crippen LogP contribution < -0.4 is 10.1 Å². The van der Waals surface area contributed by atoms with E-state index in [1.165, 1.54) is 4.31 Å². The second-order valence-electron chi connectivity index (χ2n) is 7.44. The van der Waals surface area contributed by atoms with E-state index >= 15 is 0 Å². The highest BCUT2D eigenvalue weighted by atomic mass is 35.5. The zero-order chi connectivity index (χ0) is 21.9. The number of anilines is 1. The number of nitrogens with zero attached hydrogens (tertiary/aromatic N) is 1. The van der Waals surface area contributed by atoms with Gasteiger partial charge in [-0.05, 0) is 75.1 Å². The van der Waals surface area contributed by atoms with Gasteiger partial charge in [0.25, 0.3) is 0 Å². The van der Waals surface area contributed by atoms with Crippen molar-refractivity contribution in [2.45, 2.75) is 38.5 Å². The zero-order valence-electron chi connectivity index (χ0n) is 17.4. The molecule has 0 radical (unpaired) electrons. The van der Waals surface area contributed by atoms with Crippen molar-refractivity contribution < 1.29 is 17.9 Å². The summed E-state index contributed by atoms with van der Waals surface area (Å²) in [6.45, 7) is 6.71. The number of hydrogen-bond donors (Lipinski definition) is 1. The molecule has 0 saturated carbocycles. The lowest BCUT2D eigenvalue weighted by Crippen LogP contribution is -2.41. The van der Waals surface area contributed by atoms with Crippen molar-refractivity contribution in [1.82, 2.24) is 4.31 Å². The average Bonchev–Trinajstić information content (AvgIpc) is 2.73. The van der Waals surface area contributed by atoms with Crippen molar-refractivity contribution in [1.29, 1.82) is 0 Å². The maximum atomic E-state index is 13.0. The molecule has 1 amide bonds. The average molecular weight is 451 g/mol. The third-order valence-electron chi connectivity index (χ3n) is 5.43. The van der Waals surface area contributed by atoms with Crippen molar-refractivity contribution in [3.63, 3.8) is 0 Å². The van der Waals surface area contributed by atoms with E-state index in [0.717, 1.165) is 11.1 Å². The molecule has 1 fully saturated rings. The van der Waals surface area contributed by atoms with Gasteiger partial charge in [-0.1, -0.05) is 17.7 Å². The Hall–Kier alpha value is -2.09. The smallest absolute Gasteiger partial charge is 0.243 e. The van der Waals surface area contributed by atoms with Crippen LogP contribution in [0.2, 0.25) is 5.02 Å². The molecule has 0 aromatic heterocycles. The number of nitrogens with one attached hydrogen (secondary N) is 1. The van der Waals surface area contributed by atoms with Gasteiger partial charge in [0.2, 0.25) is 15.9 Å². The molecule has 0 atom stereocenters. The van der Waals surface area contributed by atoms with Crippen LogP contribution in [0.25, 0.3) is 0 Å². The van der Waals surface area contributed by atoms with Crippen LogP contribution >= 0.6 is 11.6 Å². The van der Waals surface area contributed by atoms with Gasteiger partial charge in [-0.3, -0.25) is 4.79 Å². The number of halogens is 1. The van der Waals surface area contributed by atoms with Gasteiger partial charge >= 0.3 is 0 Å².